The van der Waals surface area contributed by atoms with Crippen LogP contribution in [0.5, 0.6) is 11.5 Å². The number of carbonyl (C=O) groups excluding carboxylic acids is 1. The van der Waals surface area contributed by atoms with Crippen LogP contribution in [0.15, 0.2) is 103 Å². The lowest BCUT2D eigenvalue weighted by Gasteiger charge is -2.47. The molecule has 2 fully saturated rings. The van der Waals surface area contributed by atoms with Crippen LogP contribution in [0.2, 0.25) is 0 Å². The average Bonchev–Trinajstić information content (AvgIpc) is 3.11. The predicted octanol–water partition coefficient (Wildman–Crippen LogP) is 9.23. The first kappa shape index (κ1) is 31.9. The van der Waals surface area contributed by atoms with Gasteiger partial charge in [-0.15, -0.1) is 0 Å². The lowest BCUT2D eigenvalue weighted by molar-refractivity contribution is 0.00666. The molecule has 4 aromatic carbocycles. The highest BCUT2D eigenvalue weighted by Crippen LogP contribution is 2.45. The van der Waals surface area contributed by atoms with Crippen molar-refractivity contribution in [2.45, 2.75) is 58.7 Å². The van der Waals surface area contributed by atoms with Crippen molar-refractivity contribution in [1.82, 2.24) is 4.90 Å². The van der Waals surface area contributed by atoms with Crippen molar-refractivity contribution in [2.24, 2.45) is 5.41 Å². The van der Waals surface area contributed by atoms with E-state index in [9.17, 15) is 4.79 Å². The maximum atomic E-state index is 12.6. The minimum Gasteiger partial charge on any atom is -0.489 e. The monoisotopic (exact) mass is 642 g/mol. The van der Waals surface area contributed by atoms with Gasteiger partial charge in [0.25, 0.3) is 0 Å². The minimum absolute atomic E-state index is 0.176. The Morgan fingerprint density at radius 2 is 1.42 bits per heavy atom. The van der Waals surface area contributed by atoms with E-state index >= 15 is 0 Å². The summed E-state index contributed by atoms with van der Waals surface area (Å²) in [7, 11) is 0. The molecule has 1 amide bonds. The van der Waals surface area contributed by atoms with Gasteiger partial charge in [-0.3, -0.25) is 0 Å². The van der Waals surface area contributed by atoms with Gasteiger partial charge in [-0.1, -0.05) is 72.8 Å². The second-order valence-corrected chi connectivity index (χ2v) is 14.4. The summed E-state index contributed by atoms with van der Waals surface area (Å²) in [5, 5.41) is 0. The number of fused-ring (bicyclic) bond motifs is 1. The number of ether oxygens (including phenoxy) is 3. The summed E-state index contributed by atoms with van der Waals surface area (Å²) in [6.07, 6.45) is 4.23. The molecule has 6 nitrogen and oxygen atoms in total. The molecule has 248 valence electrons. The van der Waals surface area contributed by atoms with Gasteiger partial charge in [0, 0.05) is 49.1 Å². The van der Waals surface area contributed by atoms with Gasteiger partial charge in [0.15, 0.2) is 0 Å². The van der Waals surface area contributed by atoms with Crippen LogP contribution in [-0.2, 0) is 11.3 Å². The Bertz CT molecular complexity index is 1740. The second kappa shape index (κ2) is 13.4. The summed E-state index contributed by atoms with van der Waals surface area (Å²) >= 11 is 0. The second-order valence-electron chi connectivity index (χ2n) is 14.4. The fraction of sp³-hybridized carbons (Fsp3) is 0.357. The Kier molecular flexibility index (Phi) is 8.91. The van der Waals surface area contributed by atoms with Gasteiger partial charge in [-0.05, 0) is 98.4 Å². The maximum absolute atomic E-state index is 12.6. The molecule has 0 bridgehead atoms. The Balaban J connectivity index is 1.06. The fourth-order valence-electron chi connectivity index (χ4n) is 7.31. The Labute approximate surface area is 284 Å². The molecule has 7 rings (SSSR count). The van der Waals surface area contributed by atoms with Crippen LogP contribution >= 0.6 is 0 Å². The molecule has 0 radical (unpaired) electrons. The number of rotatable bonds is 6. The fourth-order valence-corrected chi connectivity index (χ4v) is 7.31. The van der Waals surface area contributed by atoms with Gasteiger partial charge < -0.3 is 24.0 Å². The van der Waals surface area contributed by atoms with E-state index < -0.39 is 5.60 Å². The normalized spacial score (nSPS) is 17.5. The van der Waals surface area contributed by atoms with Crippen molar-refractivity contribution in [3.8, 4) is 11.5 Å². The lowest BCUT2D eigenvalue weighted by atomic mass is 9.71. The molecule has 3 heterocycles. The topological polar surface area (TPSA) is 51.2 Å². The van der Waals surface area contributed by atoms with E-state index in [1.54, 1.807) is 0 Å². The summed E-state index contributed by atoms with van der Waals surface area (Å²) in [6, 6.07) is 36.1. The smallest absolute Gasteiger partial charge is 0.410 e. The third-order valence-electron chi connectivity index (χ3n) is 10.1. The Hall–Kier alpha value is -4.71. The summed E-state index contributed by atoms with van der Waals surface area (Å²) in [4.78, 5) is 17.0. The number of carbonyl (C=O) groups is 1. The first-order valence-corrected chi connectivity index (χ1v) is 17.3. The van der Waals surface area contributed by atoms with Crippen LogP contribution in [0.3, 0.4) is 0 Å². The van der Waals surface area contributed by atoms with Gasteiger partial charge in [0.05, 0.1) is 0 Å². The number of nitrogens with zero attached hydrogens (tertiary/aromatic N) is 2. The van der Waals surface area contributed by atoms with Crippen molar-refractivity contribution in [2.75, 3.05) is 37.7 Å². The molecule has 48 heavy (non-hydrogen) atoms. The summed E-state index contributed by atoms with van der Waals surface area (Å²) in [6.45, 7) is 10.4. The van der Waals surface area contributed by atoms with E-state index in [1.807, 2.05) is 49.9 Å². The molecular formula is C42H46N2O4. The highest BCUT2D eigenvalue weighted by Gasteiger charge is 2.39. The number of likely N-dealkylation sites (tertiary alicyclic amines) is 1. The van der Waals surface area contributed by atoms with E-state index in [1.165, 1.54) is 28.0 Å². The number of piperidine rings is 2. The van der Waals surface area contributed by atoms with Crippen LogP contribution in [0.4, 0.5) is 10.5 Å². The molecule has 1 spiro atoms. The highest BCUT2D eigenvalue weighted by atomic mass is 16.6. The van der Waals surface area contributed by atoms with Crippen LogP contribution in [0.1, 0.15) is 68.7 Å². The zero-order valence-electron chi connectivity index (χ0n) is 28.4. The van der Waals surface area contributed by atoms with Crippen molar-refractivity contribution in [3.63, 3.8) is 0 Å². The van der Waals surface area contributed by atoms with Crippen LogP contribution in [-0.4, -0.2) is 49.4 Å². The number of amides is 1. The maximum Gasteiger partial charge on any atom is 0.410 e. The molecule has 2 saturated heterocycles. The van der Waals surface area contributed by atoms with E-state index in [0.29, 0.717) is 18.6 Å². The Morgan fingerprint density at radius 1 is 0.771 bits per heavy atom. The first-order valence-electron chi connectivity index (χ1n) is 17.3. The summed E-state index contributed by atoms with van der Waals surface area (Å²) < 4.78 is 18.1. The van der Waals surface area contributed by atoms with Gasteiger partial charge in [-0.25, -0.2) is 4.79 Å². The number of benzene rings is 4. The van der Waals surface area contributed by atoms with Crippen molar-refractivity contribution >= 4 is 22.9 Å². The number of hydrogen-bond donors (Lipinski definition) is 0. The lowest BCUT2D eigenvalue weighted by Crippen LogP contribution is -2.49. The first-order chi connectivity index (χ1) is 23.3. The highest BCUT2D eigenvalue weighted by molar-refractivity contribution is 6.01. The molecular weight excluding hydrogens is 596 g/mol. The molecule has 0 aromatic heterocycles. The predicted molar refractivity (Wildman–Crippen MR) is 192 cm³/mol. The molecule has 0 aliphatic carbocycles. The third-order valence-corrected chi connectivity index (χ3v) is 10.1. The average molecular weight is 643 g/mol. The van der Waals surface area contributed by atoms with Crippen molar-refractivity contribution in [1.29, 1.82) is 0 Å². The quantitative estimate of drug-likeness (QED) is 0.210. The standard InChI is InChI=1S/C42H46N2O4/c1-41(2,3)48-40(45)44-26-22-42(23-27-44)20-24-43(25-21-42)34-16-14-33(15-17-34)39-36-19-18-35(46-29-31-10-6-4-7-11-31)28-38(36)47-30-37(39)32-12-8-5-9-13-32/h4-19,28H,20-27,29-30H2,1-3H3. The molecule has 0 atom stereocenters. The van der Waals surface area contributed by atoms with E-state index in [0.717, 1.165) is 74.5 Å². The number of hydrogen-bond acceptors (Lipinski definition) is 5. The van der Waals surface area contributed by atoms with Crippen molar-refractivity contribution < 1.29 is 19.0 Å². The van der Waals surface area contributed by atoms with Gasteiger partial charge >= 0.3 is 6.09 Å². The number of anilines is 1. The molecule has 3 aliphatic rings. The summed E-state index contributed by atoms with van der Waals surface area (Å²) in [5.74, 6) is 1.65. The summed E-state index contributed by atoms with van der Waals surface area (Å²) in [5.41, 5.74) is 8.09. The molecule has 3 aliphatic heterocycles. The molecule has 0 N–H and O–H groups in total. The molecule has 0 saturated carbocycles. The Morgan fingerprint density at radius 3 is 2.08 bits per heavy atom. The molecule has 0 unspecified atom stereocenters. The third kappa shape index (κ3) is 7.08. The largest absolute Gasteiger partial charge is 0.489 e. The van der Waals surface area contributed by atoms with Crippen molar-refractivity contribution in [3.05, 3.63) is 125 Å². The minimum atomic E-state index is -0.456. The van der Waals surface area contributed by atoms with Gasteiger partial charge in [0.2, 0.25) is 0 Å². The van der Waals surface area contributed by atoms with E-state index in [2.05, 4.69) is 83.8 Å². The van der Waals surface area contributed by atoms with E-state index in [4.69, 9.17) is 14.2 Å². The zero-order valence-corrected chi connectivity index (χ0v) is 28.4. The molecule has 6 heteroatoms. The zero-order chi connectivity index (χ0) is 33.1. The molecule has 4 aromatic rings. The van der Waals surface area contributed by atoms with Gasteiger partial charge in [0.1, 0.15) is 30.3 Å². The van der Waals surface area contributed by atoms with E-state index in [-0.39, 0.29) is 6.09 Å². The van der Waals surface area contributed by atoms with Gasteiger partial charge in [-0.2, -0.15) is 0 Å². The van der Waals surface area contributed by atoms with Crippen LogP contribution in [0, 0.1) is 5.41 Å². The van der Waals surface area contributed by atoms with Crippen LogP contribution < -0.4 is 14.4 Å². The van der Waals surface area contributed by atoms with Crippen LogP contribution in [0.25, 0.3) is 11.1 Å². The SMILES string of the molecule is CC(C)(C)OC(=O)N1CCC2(CC1)CCN(c1ccc(C3=C(c4ccccc4)COc4cc(OCc5ccccc5)ccc43)cc1)CC2.